The highest BCUT2D eigenvalue weighted by atomic mass is 16.6. The third-order valence-corrected chi connectivity index (χ3v) is 3.13. The van der Waals surface area contributed by atoms with Crippen molar-refractivity contribution in [1.29, 1.82) is 0 Å². The highest BCUT2D eigenvalue weighted by Crippen LogP contribution is 2.40. The van der Waals surface area contributed by atoms with E-state index in [2.05, 4.69) is 0 Å². The van der Waals surface area contributed by atoms with Gasteiger partial charge >= 0.3 is 0 Å². The Morgan fingerprint density at radius 1 is 1.04 bits per heavy atom. The van der Waals surface area contributed by atoms with Crippen LogP contribution in [0.2, 0.25) is 0 Å². The third kappa shape index (κ3) is 4.23. The molecule has 120 valence electrons. The molecule has 0 N–H and O–H groups in total. The summed E-state index contributed by atoms with van der Waals surface area (Å²) in [7, 11) is 2.97. The summed E-state index contributed by atoms with van der Waals surface area (Å²) in [6.45, 7) is 0.379. The topological polar surface area (TPSA) is 70.8 Å². The van der Waals surface area contributed by atoms with E-state index in [4.69, 9.17) is 14.2 Å². The lowest BCUT2D eigenvalue weighted by Gasteiger charge is -2.15. The Kier molecular flexibility index (Phi) is 5.57. The normalized spacial score (nSPS) is 10.5. The molecule has 0 atom stereocenters. The highest BCUT2D eigenvalue weighted by Gasteiger charge is 2.15. The number of nitro groups is 1. The van der Waals surface area contributed by atoms with Gasteiger partial charge in [0.15, 0.2) is 11.5 Å². The Morgan fingerprint density at radius 2 is 1.74 bits per heavy atom. The summed E-state index contributed by atoms with van der Waals surface area (Å²) >= 11 is 0. The molecule has 0 saturated carbocycles. The molecule has 0 aromatic heterocycles. The van der Waals surface area contributed by atoms with Gasteiger partial charge in [0.1, 0.15) is 6.61 Å². The van der Waals surface area contributed by atoms with Crippen molar-refractivity contribution in [2.75, 3.05) is 14.2 Å². The minimum atomic E-state index is -0.536. The summed E-state index contributed by atoms with van der Waals surface area (Å²) in [5, 5.41) is 10.5. The van der Waals surface area contributed by atoms with Crippen LogP contribution < -0.4 is 14.2 Å². The molecule has 0 unspecified atom stereocenters. The fourth-order valence-corrected chi connectivity index (χ4v) is 2.09. The molecular weight excluding hydrogens is 298 g/mol. The second-order valence-corrected chi connectivity index (χ2v) is 4.59. The fraction of sp³-hybridized carbons (Fsp3) is 0.176. The van der Waals surface area contributed by atoms with Gasteiger partial charge in [-0.2, -0.15) is 0 Å². The van der Waals surface area contributed by atoms with Gasteiger partial charge in [-0.1, -0.05) is 30.3 Å². The quantitative estimate of drug-likeness (QED) is 0.577. The molecule has 6 nitrogen and oxygen atoms in total. The SMILES string of the molecule is COc1c(/C=C/[N+](=O)[O-])ccc(OCc2ccccc2)c1OC. The second kappa shape index (κ2) is 7.84. The smallest absolute Gasteiger partial charge is 0.235 e. The predicted molar refractivity (Wildman–Crippen MR) is 86.3 cm³/mol. The first-order chi connectivity index (χ1) is 11.2. The van der Waals surface area contributed by atoms with Crippen LogP contribution in [0.3, 0.4) is 0 Å². The average Bonchev–Trinajstić information content (AvgIpc) is 2.58. The molecule has 2 aromatic rings. The first-order valence-electron chi connectivity index (χ1n) is 6.89. The van der Waals surface area contributed by atoms with Crippen LogP contribution in [0.15, 0.2) is 48.7 Å². The zero-order valence-electron chi connectivity index (χ0n) is 12.9. The van der Waals surface area contributed by atoms with Crippen LogP contribution in [-0.4, -0.2) is 19.1 Å². The molecule has 6 heteroatoms. The third-order valence-electron chi connectivity index (χ3n) is 3.13. The zero-order chi connectivity index (χ0) is 16.7. The van der Waals surface area contributed by atoms with E-state index in [0.29, 0.717) is 29.4 Å². The second-order valence-electron chi connectivity index (χ2n) is 4.59. The lowest BCUT2D eigenvalue weighted by molar-refractivity contribution is -0.400. The lowest BCUT2D eigenvalue weighted by Crippen LogP contribution is -2.00. The molecule has 0 aliphatic rings. The van der Waals surface area contributed by atoms with Crippen LogP contribution >= 0.6 is 0 Å². The van der Waals surface area contributed by atoms with Crippen LogP contribution in [0.4, 0.5) is 0 Å². The molecule has 0 amide bonds. The van der Waals surface area contributed by atoms with Gasteiger partial charge in [-0.05, 0) is 17.7 Å². The molecule has 0 spiro atoms. The molecule has 23 heavy (non-hydrogen) atoms. The summed E-state index contributed by atoms with van der Waals surface area (Å²) in [4.78, 5) is 9.94. The number of benzene rings is 2. The molecule has 0 aliphatic carbocycles. The van der Waals surface area contributed by atoms with Crippen LogP contribution in [0.5, 0.6) is 17.2 Å². The summed E-state index contributed by atoms with van der Waals surface area (Å²) < 4.78 is 16.4. The van der Waals surface area contributed by atoms with Crippen LogP contribution in [0, 0.1) is 10.1 Å². The predicted octanol–water partition coefficient (Wildman–Crippen LogP) is 3.53. The zero-order valence-corrected chi connectivity index (χ0v) is 12.9. The summed E-state index contributed by atoms with van der Waals surface area (Å²) in [6.07, 6.45) is 2.20. The number of hydrogen-bond acceptors (Lipinski definition) is 5. The van der Waals surface area contributed by atoms with Crippen LogP contribution in [0.25, 0.3) is 6.08 Å². The monoisotopic (exact) mass is 315 g/mol. The van der Waals surface area contributed by atoms with E-state index >= 15 is 0 Å². The minimum absolute atomic E-state index is 0.379. The standard InChI is InChI=1S/C17H17NO5/c1-21-16-14(10-11-18(19)20)8-9-15(17(16)22-2)23-12-13-6-4-3-5-7-13/h3-11H,12H2,1-2H3/b11-10+. The summed E-state index contributed by atoms with van der Waals surface area (Å²) in [5.74, 6) is 1.29. The Morgan fingerprint density at radius 3 is 2.35 bits per heavy atom. The van der Waals surface area contributed by atoms with E-state index in [1.807, 2.05) is 30.3 Å². The molecule has 0 bridgehead atoms. The van der Waals surface area contributed by atoms with Gasteiger partial charge in [-0.25, -0.2) is 0 Å². The van der Waals surface area contributed by atoms with Gasteiger partial charge in [0.05, 0.1) is 19.1 Å². The largest absolute Gasteiger partial charge is 0.492 e. The Bertz CT molecular complexity index is 698. The molecule has 0 fully saturated rings. The van der Waals surface area contributed by atoms with Crippen LogP contribution in [0.1, 0.15) is 11.1 Å². The van der Waals surface area contributed by atoms with Crippen LogP contribution in [-0.2, 0) is 6.61 Å². The first-order valence-corrected chi connectivity index (χ1v) is 6.89. The molecule has 0 aliphatic heterocycles. The molecule has 0 saturated heterocycles. The van der Waals surface area contributed by atoms with Crippen molar-refractivity contribution in [2.24, 2.45) is 0 Å². The first kappa shape index (κ1) is 16.4. The van der Waals surface area contributed by atoms with Crippen molar-refractivity contribution >= 4 is 6.08 Å². The molecular formula is C17H17NO5. The van der Waals surface area contributed by atoms with Crippen molar-refractivity contribution in [2.45, 2.75) is 6.61 Å². The highest BCUT2D eigenvalue weighted by molar-refractivity contribution is 5.66. The van der Waals surface area contributed by atoms with Gasteiger partial charge in [0.2, 0.25) is 11.9 Å². The van der Waals surface area contributed by atoms with E-state index in [1.165, 1.54) is 20.3 Å². The Labute approximate surface area is 134 Å². The number of methoxy groups -OCH3 is 2. The fourth-order valence-electron chi connectivity index (χ4n) is 2.09. The Balaban J connectivity index is 2.28. The van der Waals surface area contributed by atoms with Crippen molar-refractivity contribution in [3.63, 3.8) is 0 Å². The van der Waals surface area contributed by atoms with Gasteiger partial charge in [0, 0.05) is 11.6 Å². The number of rotatable bonds is 7. The maximum absolute atomic E-state index is 10.5. The number of hydrogen-bond donors (Lipinski definition) is 0. The average molecular weight is 315 g/mol. The number of nitrogens with zero attached hydrogens (tertiary/aromatic N) is 1. The minimum Gasteiger partial charge on any atom is -0.492 e. The molecule has 2 aromatic carbocycles. The molecule has 2 rings (SSSR count). The maximum Gasteiger partial charge on any atom is 0.235 e. The van der Waals surface area contributed by atoms with Gasteiger partial charge in [-0.15, -0.1) is 0 Å². The van der Waals surface area contributed by atoms with E-state index in [0.717, 1.165) is 11.8 Å². The van der Waals surface area contributed by atoms with Crippen molar-refractivity contribution in [3.05, 3.63) is 69.9 Å². The van der Waals surface area contributed by atoms with E-state index < -0.39 is 4.92 Å². The van der Waals surface area contributed by atoms with E-state index in [-0.39, 0.29) is 0 Å². The van der Waals surface area contributed by atoms with Gasteiger partial charge in [-0.3, -0.25) is 10.1 Å². The number of ether oxygens (including phenoxy) is 3. The van der Waals surface area contributed by atoms with E-state index in [1.54, 1.807) is 12.1 Å². The van der Waals surface area contributed by atoms with Gasteiger partial charge in [0.25, 0.3) is 0 Å². The summed E-state index contributed by atoms with van der Waals surface area (Å²) in [6, 6.07) is 13.1. The van der Waals surface area contributed by atoms with Gasteiger partial charge < -0.3 is 14.2 Å². The van der Waals surface area contributed by atoms with Crippen molar-refractivity contribution in [3.8, 4) is 17.2 Å². The lowest BCUT2D eigenvalue weighted by atomic mass is 10.1. The molecule has 0 radical (unpaired) electrons. The Hall–Kier alpha value is -3.02. The maximum atomic E-state index is 10.5. The summed E-state index contributed by atoms with van der Waals surface area (Å²) in [5.41, 5.74) is 1.55. The van der Waals surface area contributed by atoms with Crippen molar-refractivity contribution < 1.29 is 19.1 Å². The molecule has 0 heterocycles. The van der Waals surface area contributed by atoms with Crippen molar-refractivity contribution in [1.82, 2.24) is 0 Å². The van der Waals surface area contributed by atoms with E-state index in [9.17, 15) is 10.1 Å².